The molecule has 0 aromatic rings. The maximum absolute atomic E-state index is 10.3. The Labute approximate surface area is 131 Å². The average Bonchev–Trinajstić information content (AvgIpc) is 2.72. The van der Waals surface area contributed by atoms with E-state index in [0.29, 0.717) is 11.8 Å². The average molecular weight is 294 g/mol. The van der Waals surface area contributed by atoms with Gasteiger partial charge in [0.2, 0.25) is 0 Å². The van der Waals surface area contributed by atoms with E-state index in [1.165, 1.54) is 12.8 Å². The van der Waals surface area contributed by atoms with Gasteiger partial charge in [-0.15, -0.1) is 0 Å². The van der Waals surface area contributed by atoms with Crippen LogP contribution in [0.5, 0.6) is 0 Å². The van der Waals surface area contributed by atoms with Crippen LogP contribution >= 0.6 is 0 Å². The summed E-state index contributed by atoms with van der Waals surface area (Å²) in [5.41, 5.74) is 2.08. The molecule has 0 aliphatic heterocycles. The van der Waals surface area contributed by atoms with Gasteiger partial charge in [0.1, 0.15) is 0 Å². The fourth-order valence-corrected chi connectivity index (χ4v) is 4.31. The summed E-state index contributed by atoms with van der Waals surface area (Å²) in [7, 11) is 0. The van der Waals surface area contributed by atoms with Crippen LogP contribution in [-0.4, -0.2) is 24.4 Å². The van der Waals surface area contributed by atoms with Gasteiger partial charge < -0.3 is 9.84 Å². The molecule has 0 spiro atoms. The monoisotopic (exact) mass is 294 g/mol. The molecule has 2 aliphatic carbocycles. The molecule has 122 valence electrons. The number of rotatable bonds is 5. The van der Waals surface area contributed by atoms with E-state index in [9.17, 15) is 5.11 Å². The maximum atomic E-state index is 10.3. The summed E-state index contributed by atoms with van der Waals surface area (Å²) in [5.74, 6) is 1.03. The van der Waals surface area contributed by atoms with Gasteiger partial charge >= 0.3 is 0 Å². The molecule has 0 bridgehead atoms. The van der Waals surface area contributed by atoms with Gasteiger partial charge in [0.25, 0.3) is 0 Å². The predicted molar refractivity (Wildman–Crippen MR) is 88.2 cm³/mol. The van der Waals surface area contributed by atoms with Gasteiger partial charge in [-0.2, -0.15) is 0 Å². The lowest BCUT2D eigenvalue weighted by Crippen LogP contribution is -2.39. The summed E-state index contributed by atoms with van der Waals surface area (Å²) in [6, 6.07) is 0. The SMILES string of the molecule is C[C@H](CCOCC(C)(C)C)C1=CC[C@H]2[C@@H](O)CCC[C@]12C. The van der Waals surface area contributed by atoms with Crippen LogP contribution in [0.2, 0.25) is 0 Å². The normalized spacial score (nSPS) is 34.5. The zero-order valence-corrected chi connectivity index (χ0v) is 14.6. The van der Waals surface area contributed by atoms with Crippen molar-refractivity contribution in [2.24, 2.45) is 22.7 Å². The smallest absolute Gasteiger partial charge is 0.0579 e. The molecule has 2 heteroatoms. The Bertz CT molecular complexity index is 380. The number of aliphatic hydroxyl groups is 1. The highest BCUT2D eigenvalue weighted by atomic mass is 16.5. The standard InChI is InChI=1S/C19H34O2/c1-14(10-12-21-13-18(2,3)4)15-8-9-16-17(20)7-6-11-19(15,16)5/h8,14,16-17,20H,6-7,9-13H2,1-5H3/t14-,16+,17+,19-/m1/s1. The molecule has 2 nitrogen and oxygen atoms in total. The van der Waals surface area contributed by atoms with E-state index in [2.05, 4.69) is 40.7 Å². The van der Waals surface area contributed by atoms with Gasteiger partial charge in [-0.3, -0.25) is 0 Å². The van der Waals surface area contributed by atoms with Crippen LogP contribution in [-0.2, 0) is 4.74 Å². The maximum Gasteiger partial charge on any atom is 0.0579 e. The zero-order valence-electron chi connectivity index (χ0n) is 14.6. The van der Waals surface area contributed by atoms with Crippen molar-refractivity contribution < 1.29 is 9.84 Å². The fraction of sp³-hybridized carbons (Fsp3) is 0.895. The molecule has 0 saturated heterocycles. The molecular weight excluding hydrogens is 260 g/mol. The van der Waals surface area contributed by atoms with Crippen molar-refractivity contribution >= 4 is 0 Å². The summed E-state index contributed by atoms with van der Waals surface area (Å²) in [5, 5.41) is 10.3. The lowest BCUT2D eigenvalue weighted by atomic mass is 9.63. The van der Waals surface area contributed by atoms with Gasteiger partial charge in [0, 0.05) is 6.61 Å². The van der Waals surface area contributed by atoms with Crippen molar-refractivity contribution in [3.8, 4) is 0 Å². The second kappa shape index (κ2) is 6.42. The minimum atomic E-state index is -0.0955. The highest BCUT2D eigenvalue weighted by Crippen LogP contribution is 2.54. The number of aliphatic hydroxyl groups excluding tert-OH is 1. The van der Waals surface area contributed by atoms with Gasteiger partial charge in [-0.05, 0) is 54.8 Å². The number of fused-ring (bicyclic) bond motifs is 1. The Hall–Kier alpha value is -0.340. The molecule has 0 unspecified atom stereocenters. The lowest BCUT2D eigenvalue weighted by molar-refractivity contribution is 0.00634. The van der Waals surface area contributed by atoms with Crippen molar-refractivity contribution in [2.75, 3.05) is 13.2 Å². The molecule has 1 saturated carbocycles. The molecule has 21 heavy (non-hydrogen) atoms. The first-order chi connectivity index (χ1) is 9.74. The lowest BCUT2D eigenvalue weighted by Gasteiger charge is -2.43. The van der Waals surface area contributed by atoms with Crippen LogP contribution in [0.3, 0.4) is 0 Å². The van der Waals surface area contributed by atoms with Crippen molar-refractivity contribution in [3.63, 3.8) is 0 Å². The summed E-state index contributed by atoms with van der Waals surface area (Å²) < 4.78 is 5.84. The first-order valence-electron chi connectivity index (χ1n) is 8.70. The third kappa shape index (κ3) is 3.90. The number of allylic oxidation sites excluding steroid dienone is 2. The molecule has 0 aromatic heterocycles. The Morgan fingerprint density at radius 3 is 2.81 bits per heavy atom. The van der Waals surface area contributed by atoms with Crippen LogP contribution in [0.25, 0.3) is 0 Å². The number of hydrogen-bond acceptors (Lipinski definition) is 2. The Morgan fingerprint density at radius 1 is 1.43 bits per heavy atom. The van der Waals surface area contributed by atoms with Crippen molar-refractivity contribution in [2.45, 2.75) is 72.8 Å². The second-order valence-electron chi connectivity index (χ2n) is 8.68. The van der Waals surface area contributed by atoms with E-state index in [4.69, 9.17) is 4.74 Å². The van der Waals surface area contributed by atoms with Gasteiger partial charge in [0.05, 0.1) is 12.7 Å². The minimum absolute atomic E-state index is 0.0955. The van der Waals surface area contributed by atoms with Gasteiger partial charge in [-0.25, -0.2) is 0 Å². The molecule has 0 radical (unpaired) electrons. The minimum Gasteiger partial charge on any atom is -0.393 e. The molecule has 2 rings (SSSR count). The molecule has 0 aromatic carbocycles. The number of ether oxygens (including phenoxy) is 1. The highest BCUT2D eigenvalue weighted by molar-refractivity contribution is 5.26. The van der Waals surface area contributed by atoms with E-state index >= 15 is 0 Å². The predicted octanol–water partition coefficient (Wildman–Crippen LogP) is 4.57. The van der Waals surface area contributed by atoms with E-state index in [1.54, 1.807) is 5.57 Å². The molecule has 0 heterocycles. The summed E-state index contributed by atoms with van der Waals surface area (Å²) in [6.07, 6.45) is 7.90. The quantitative estimate of drug-likeness (QED) is 0.594. The molecule has 1 N–H and O–H groups in total. The molecule has 1 fully saturated rings. The largest absolute Gasteiger partial charge is 0.393 e. The Balaban J connectivity index is 1.87. The van der Waals surface area contributed by atoms with E-state index < -0.39 is 0 Å². The third-order valence-corrected chi connectivity index (χ3v) is 5.49. The van der Waals surface area contributed by atoms with Crippen LogP contribution in [0.1, 0.15) is 66.7 Å². The molecule has 2 aliphatic rings. The van der Waals surface area contributed by atoms with Gasteiger partial charge in [0.15, 0.2) is 0 Å². The first kappa shape index (κ1) is 17.0. The summed E-state index contributed by atoms with van der Waals surface area (Å²) in [4.78, 5) is 0. The van der Waals surface area contributed by atoms with Crippen LogP contribution in [0, 0.1) is 22.7 Å². The van der Waals surface area contributed by atoms with Gasteiger partial charge in [-0.1, -0.05) is 46.3 Å². The Kier molecular flexibility index (Phi) is 5.20. The van der Waals surface area contributed by atoms with Crippen LogP contribution in [0.4, 0.5) is 0 Å². The zero-order chi connectivity index (χ0) is 15.7. The van der Waals surface area contributed by atoms with Crippen LogP contribution < -0.4 is 0 Å². The number of hydrogen-bond donors (Lipinski definition) is 1. The second-order valence-corrected chi connectivity index (χ2v) is 8.68. The molecule has 4 atom stereocenters. The molecular formula is C19H34O2. The van der Waals surface area contributed by atoms with Crippen molar-refractivity contribution in [3.05, 3.63) is 11.6 Å². The third-order valence-electron chi connectivity index (χ3n) is 5.49. The summed E-state index contributed by atoms with van der Waals surface area (Å²) >= 11 is 0. The first-order valence-corrected chi connectivity index (χ1v) is 8.70. The van der Waals surface area contributed by atoms with E-state index in [1.807, 2.05) is 0 Å². The van der Waals surface area contributed by atoms with Crippen LogP contribution in [0.15, 0.2) is 11.6 Å². The van der Waals surface area contributed by atoms with Crippen molar-refractivity contribution in [1.29, 1.82) is 0 Å². The van der Waals surface area contributed by atoms with E-state index in [0.717, 1.165) is 32.5 Å². The highest BCUT2D eigenvalue weighted by Gasteiger charge is 2.47. The van der Waals surface area contributed by atoms with Crippen molar-refractivity contribution in [1.82, 2.24) is 0 Å². The topological polar surface area (TPSA) is 29.5 Å². The fourth-order valence-electron chi connectivity index (χ4n) is 4.31. The molecule has 0 amide bonds. The van der Waals surface area contributed by atoms with E-state index in [-0.39, 0.29) is 16.9 Å². The summed E-state index contributed by atoms with van der Waals surface area (Å²) in [6.45, 7) is 13.0. The Morgan fingerprint density at radius 2 is 2.14 bits per heavy atom.